The van der Waals surface area contributed by atoms with Crippen LogP contribution in [0.2, 0.25) is 0 Å². The van der Waals surface area contributed by atoms with E-state index < -0.39 is 0 Å². The van der Waals surface area contributed by atoms with Crippen LogP contribution in [-0.2, 0) is 4.79 Å². The van der Waals surface area contributed by atoms with Gasteiger partial charge in [-0.2, -0.15) is 5.10 Å². The Morgan fingerprint density at radius 3 is 2.36 bits per heavy atom. The molecule has 0 aliphatic carbocycles. The zero-order valence-corrected chi connectivity index (χ0v) is 20.9. The molecule has 0 fully saturated rings. The van der Waals surface area contributed by atoms with Gasteiger partial charge in [0.05, 0.1) is 17.3 Å². The van der Waals surface area contributed by atoms with Gasteiger partial charge in [0.15, 0.2) is 0 Å². The number of benzene rings is 3. The van der Waals surface area contributed by atoms with Gasteiger partial charge in [0, 0.05) is 38.8 Å². The van der Waals surface area contributed by atoms with Crippen LogP contribution in [0, 0.1) is 0 Å². The summed E-state index contributed by atoms with van der Waals surface area (Å²) in [5, 5.41) is 7.07. The first-order valence-electron chi connectivity index (χ1n) is 10.5. The molecule has 1 N–H and O–H groups in total. The van der Waals surface area contributed by atoms with Crippen LogP contribution < -0.4 is 5.56 Å². The molecule has 0 spiro atoms. The number of nitrogens with zero attached hydrogens (tertiary/aromatic N) is 2. The average Bonchev–Trinajstić information content (AvgIpc) is 3.25. The zero-order valence-electron chi connectivity index (χ0n) is 17.7. The number of hydrogen-bond donors (Lipinski definition) is 1. The number of halogens is 2. The molecule has 5 nitrogen and oxygen atoms in total. The molecular formula is C26H19Br2N3O2. The Hall–Kier alpha value is -3.03. The number of carbonyl (C=O) groups excluding carboxylic acids is 1. The van der Waals surface area contributed by atoms with Gasteiger partial charge in [-0.15, -0.1) is 0 Å². The van der Waals surface area contributed by atoms with E-state index in [9.17, 15) is 9.59 Å². The van der Waals surface area contributed by atoms with Gasteiger partial charge in [-0.1, -0.05) is 74.3 Å². The predicted molar refractivity (Wildman–Crippen MR) is 138 cm³/mol. The van der Waals surface area contributed by atoms with E-state index >= 15 is 0 Å². The number of aromatic amines is 1. The van der Waals surface area contributed by atoms with Crippen molar-refractivity contribution in [3.05, 3.63) is 103 Å². The van der Waals surface area contributed by atoms with Gasteiger partial charge >= 0.3 is 0 Å². The van der Waals surface area contributed by atoms with Crippen LogP contribution in [0.3, 0.4) is 0 Å². The fraction of sp³-hybridized carbons (Fsp3) is 0.115. The Morgan fingerprint density at radius 1 is 0.970 bits per heavy atom. The van der Waals surface area contributed by atoms with Crippen molar-refractivity contribution in [3.8, 4) is 11.1 Å². The summed E-state index contributed by atoms with van der Waals surface area (Å²) in [4.78, 5) is 28.9. The molecular weight excluding hydrogens is 546 g/mol. The third-order valence-electron chi connectivity index (χ3n) is 5.82. The molecule has 164 valence electrons. The van der Waals surface area contributed by atoms with Gasteiger partial charge in [0.2, 0.25) is 5.91 Å². The summed E-state index contributed by atoms with van der Waals surface area (Å²) < 4.78 is 1.87. The molecule has 1 atom stereocenters. The number of amides is 1. The number of aromatic nitrogens is 1. The van der Waals surface area contributed by atoms with Crippen LogP contribution in [0.25, 0.3) is 22.0 Å². The lowest BCUT2D eigenvalue weighted by Gasteiger charge is -2.20. The molecule has 4 aromatic rings. The summed E-state index contributed by atoms with van der Waals surface area (Å²) in [5.41, 5.74) is 4.33. The highest BCUT2D eigenvalue weighted by Crippen LogP contribution is 2.37. The van der Waals surface area contributed by atoms with Crippen LogP contribution in [0.15, 0.2) is 91.6 Å². The third kappa shape index (κ3) is 4.07. The SMILES string of the molecule is CC(=O)N1N=C(c2c(-c3ccccc3)c3cc(Br)ccc3[nH]c2=O)CC1c1ccc(Br)cc1. The lowest BCUT2D eigenvalue weighted by atomic mass is 9.91. The first-order chi connectivity index (χ1) is 15.9. The van der Waals surface area contributed by atoms with Gasteiger partial charge in [0.1, 0.15) is 0 Å². The van der Waals surface area contributed by atoms with Crippen molar-refractivity contribution in [1.29, 1.82) is 0 Å². The monoisotopic (exact) mass is 563 g/mol. The van der Waals surface area contributed by atoms with Gasteiger partial charge < -0.3 is 4.98 Å². The summed E-state index contributed by atoms with van der Waals surface area (Å²) in [6.45, 7) is 1.50. The van der Waals surface area contributed by atoms with Crippen molar-refractivity contribution in [2.24, 2.45) is 5.10 Å². The molecule has 3 aromatic carbocycles. The van der Waals surface area contributed by atoms with Crippen LogP contribution in [0.4, 0.5) is 0 Å². The molecule has 2 heterocycles. The Labute approximate surface area is 207 Å². The number of fused-ring (bicyclic) bond motifs is 1. The molecule has 33 heavy (non-hydrogen) atoms. The summed E-state index contributed by atoms with van der Waals surface area (Å²) >= 11 is 7.02. The average molecular weight is 565 g/mol. The number of rotatable bonds is 3. The molecule has 1 amide bonds. The zero-order chi connectivity index (χ0) is 23.1. The number of H-pyrrole nitrogens is 1. The number of hydrogen-bond acceptors (Lipinski definition) is 3. The van der Waals surface area contributed by atoms with E-state index in [2.05, 4.69) is 41.9 Å². The Kier molecular flexibility index (Phi) is 5.76. The standard InChI is InChI=1S/C26H19Br2N3O2/c1-15(32)31-23(16-7-9-18(27)10-8-16)14-22(30-31)25-24(17-5-3-2-4-6-17)20-13-19(28)11-12-21(20)29-26(25)33/h2-13,23H,14H2,1H3,(H,29,33). The molecule has 0 saturated carbocycles. The van der Waals surface area contributed by atoms with Crippen molar-refractivity contribution >= 4 is 54.4 Å². The quantitative estimate of drug-likeness (QED) is 0.312. The molecule has 0 radical (unpaired) electrons. The summed E-state index contributed by atoms with van der Waals surface area (Å²) in [5.74, 6) is -0.167. The first-order valence-corrected chi connectivity index (χ1v) is 12.0. The van der Waals surface area contributed by atoms with E-state index in [1.165, 1.54) is 11.9 Å². The fourth-order valence-corrected chi connectivity index (χ4v) is 4.97. The van der Waals surface area contributed by atoms with Crippen LogP contribution in [0.5, 0.6) is 0 Å². The summed E-state index contributed by atoms with van der Waals surface area (Å²) in [6.07, 6.45) is 0.448. The lowest BCUT2D eigenvalue weighted by Crippen LogP contribution is -2.24. The number of hydrazone groups is 1. The Bertz CT molecular complexity index is 1460. The van der Waals surface area contributed by atoms with E-state index in [1.807, 2.05) is 72.8 Å². The van der Waals surface area contributed by atoms with Crippen LogP contribution in [0.1, 0.15) is 30.5 Å². The lowest BCUT2D eigenvalue weighted by molar-refractivity contribution is -0.130. The molecule has 5 rings (SSSR count). The van der Waals surface area contributed by atoms with Gasteiger partial charge in [-0.25, -0.2) is 5.01 Å². The first kappa shape index (κ1) is 21.8. The van der Waals surface area contributed by atoms with Crippen molar-refractivity contribution in [3.63, 3.8) is 0 Å². The fourth-order valence-electron chi connectivity index (χ4n) is 4.34. The summed E-state index contributed by atoms with van der Waals surface area (Å²) in [7, 11) is 0. The normalized spacial score (nSPS) is 15.7. The van der Waals surface area contributed by atoms with Gasteiger partial charge in [0.25, 0.3) is 5.56 Å². The highest BCUT2D eigenvalue weighted by atomic mass is 79.9. The van der Waals surface area contributed by atoms with Gasteiger partial charge in [-0.05, 0) is 41.5 Å². The Morgan fingerprint density at radius 2 is 1.67 bits per heavy atom. The minimum Gasteiger partial charge on any atom is -0.321 e. The van der Waals surface area contributed by atoms with Crippen LogP contribution >= 0.6 is 31.9 Å². The summed E-state index contributed by atoms with van der Waals surface area (Å²) in [6, 6.07) is 23.2. The minimum atomic E-state index is -0.271. The topological polar surface area (TPSA) is 65.5 Å². The smallest absolute Gasteiger partial charge is 0.258 e. The van der Waals surface area contributed by atoms with Crippen molar-refractivity contribution < 1.29 is 4.79 Å². The maximum atomic E-state index is 13.4. The highest BCUT2D eigenvalue weighted by Gasteiger charge is 2.34. The molecule has 1 unspecified atom stereocenters. The number of pyridine rings is 1. The second kappa shape index (κ2) is 8.72. The molecule has 1 aliphatic heterocycles. The van der Waals surface area contributed by atoms with E-state index in [0.29, 0.717) is 17.7 Å². The van der Waals surface area contributed by atoms with E-state index in [4.69, 9.17) is 0 Å². The second-order valence-electron chi connectivity index (χ2n) is 7.94. The highest BCUT2D eigenvalue weighted by molar-refractivity contribution is 9.10. The maximum absolute atomic E-state index is 13.4. The Balaban J connectivity index is 1.74. The molecule has 1 aromatic heterocycles. The van der Waals surface area contributed by atoms with Crippen molar-refractivity contribution in [1.82, 2.24) is 9.99 Å². The van der Waals surface area contributed by atoms with E-state index in [1.54, 1.807) is 0 Å². The second-order valence-corrected chi connectivity index (χ2v) is 9.77. The molecule has 0 saturated heterocycles. The molecule has 1 aliphatic rings. The van der Waals surface area contributed by atoms with Crippen molar-refractivity contribution in [2.75, 3.05) is 0 Å². The number of nitrogens with one attached hydrogen (secondary N) is 1. The maximum Gasteiger partial charge on any atom is 0.258 e. The predicted octanol–water partition coefficient (Wildman–Crippen LogP) is 6.42. The molecule has 0 bridgehead atoms. The molecule has 7 heteroatoms. The van der Waals surface area contributed by atoms with Crippen molar-refractivity contribution in [2.45, 2.75) is 19.4 Å². The minimum absolute atomic E-state index is 0.167. The van der Waals surface area contributed by atoms with E-state index in [-0.39, 0.29) is 17.5 Å². The number of carbonyl (C=O) groups is 1. The third-order valence-corrected chi connectivity index (χ3v) is 6.84. The van der Waals surface area contributed by atoms with Crippen LogP contribution in [-0.4, -0.2) is 21.6 Å². The van der Waals surface area contributed by atoms with E-state index in [0.717, 1.165) is 36.5 Å². The van der Waals surface area contributed by atoms with Gasteiger partial charge in [-0.3, -0.25) is 9.59 Å². The largest absolute Gasteiger partial charge is 0.321 e.